The van der Waals surface area contributed by atoms with Gasteiger partial charge in [0.2, 0.25) is 0 Å². The van der Waals surface area contributed by atoms with Crippen LogP contribution in [-0.4, -0.2) is 18.4 Å². The van der Waals surface area contributed by atoms with Crippen LogP contribution in [0.5, 0.6) is 0 Å². The number of Topliss-reactive ketones (excluding diaryl/α,β-unsaturated/α-hetero) is 1. The van der Waals surface area contributed by atoms with Gasteiger partial charge >= 0.3 is 5.97 Å². The molecule has 1 N–H and O–H groups in total. The number of nitrogens with one attached hydrogen (secondary N) is 1. The van der Waals surface area contributed by atoms with Gasteiger partial charge in [0.25, 0.3) is 0 Å². The minimum absolute atomic E-state index is 0.0759. The molecule has 1 aromatic carbocycles. The molecule has 0 fully saturated rings. The van der Waals surface area contributed by atoms with Gasteiger partial charge in [0, 0.05) is 34.3 Å². The molecule has 1 heterocycles. The fourth-order valence-corrected chi connectivity index (χ4v) is 3.79. The molecule has 0 aromatic heterocycles. The topological polar surface area (TPSA) is 55.4 Å². The summed E-state index contributed by atoms with van der Waals surface area (Å²) in [6, 6.07) is 7.39. The van der Waals surface area contributed by atoms with E-state index in [9.17, 15) is 9.59 Å². The lowest BCUT2D eigenvalue weighted by molar-refractivity contribution is -0.139. The number of allylic oxidation sites excluding steroid dienone is 3. The van der Waals surface area contributed by atoms with E-state index in [2.05, 4.69) is 5.32 Å². The molecule has 0 spiro atoms. The summed E-state index contributed by atoms with van der Waals surface area (Å²) < 4.78 is 5.39. The van der Waals surface area contributed by atoms with E-state index in [-0.39, 0.29) is 11.8 Å². The van der Waals surface area contributed by atoms with Crippen molar-refractivity contribution in [3.8, 4) is 0 Å². The summed E-state index contributed by atoms with van der Waals surface area (Å²) >= 11 is 6.43. The van der Waals surface area contributed by atoms with Gasteiger partial charge in [0.05, 0.1) is 12.2 Å². The van der Waals surface area contributed by atoms with Crippen LogP contribution >= 0.6 is 11.6 Å². The Morgan fingerprint density at radius 2 is 2.08 bits per heavy atom. The number of esters is 1. The minimum atomic E-state index is -0.470. The van der Waals surface area contributed by atoms with Crippen molar-refractivity contribution in [3.05, 3.63) is 57.4 Å². The molecule has 0 saturated heterocycles. The van der Waals surface area contributed by atoms with Gasteiger partial charge in [0.1, 0.15) is 0 Å². The predicted molar refractivity (Wildman–Crippen MR) is 97.2 cm³/mol. The third kappa shape index (κ3) is 3.36. The Morgan fingerprint density at radius 1 is 1.32 bits per heavy atom. The lowest BCUT2D eigenvalue weighted by Gasteiger charge is -2.34. The van der Waals surface area contributed by atoms with Crippen molar-refractivity contribution in [2.75, 3.05) is 6.61 Å². The zero-order valence-electron chi connectivity index (χ0n) is 14.5. The maximum absolute atomic E-state index is 12.7. The number of dihydropyridines is 1. The Kier molecular flexibility index (Phi) is 5.28. The molecule has 25 heavy (non-hydrogen) atoms. The Balaban J connectivity index is 2.14. The molecule has 1 aliphatic carbocycles. The van der Waals surface area contributed by atoms with Gasteiger partial charge in [-0.15, -0.1) is 0 Å². The molecule has 2 aliphatic rings. The molecular formula is C20H22ClNO3. The average Bonchev–Trinajstić information content (AvgIpc) is 2.59. The zero-order valence-corrected chi connectivity index (χ0v) is 15.3. The number of ketones is 1. The van der Waals surface area contributed by atoms with Crippen molar-refractivity contribution in [2.45, 2.75) is 45.4 Å². The van der Waals surface area contributed by atoms with Gasteiger partial charge in [-0.2, -0.15) is 0 Å². The smallest absolute Gasteiger partial charge is 0.336 e. The highest BCUT2D eigenvalue weighted by molar-refractivity contribution is 6.31. The van der Waals surface area contributed by atoms with E-state index < -0.39 is 5.92 Å². The Bertz CT molecular complexity index is 779. The van der Waals surface area contributed by atoms with Gasteiger partial charge in [0.15, 0.2) is 5.78 Å². The van der Waals surface area contributed by atoms with Crippen molar-refractivity contribution in [2.24, 2.45) is 0 Å². The molecule has 1 atom stereocenters. The quantitative estimate of drug-likeness (QED) is 0.816. The van der Waals surface area contributed by atoms with E-state index in [4.69, 9.17) is 16.3 Å². The summed E-state index contributed by atoms with van der Waals surface area (Å²) in [6.07, 6.45) is 2.87. The second kappa shape index (κ2) is 7.44. The van der Waals surface area contributed by atoms with Crippen molar-refractivity contribution in [1.29, 1.82) is 0 Å². The summed E-state index contributed by atoms with van der Waals surface area (Å²) in [5, 5.41) is 3.82. The number of carbonyl (C=O) groups is 2. The third-order valence-electron chi connectivity index (χ3n) is 4.65. The summed E-state index contributed by atoms with van der Waals surface area (Å²) in [6.45, 7) is 4.16. The minimum Gasteiger partial charge on any atom is -0.462 e. The fourth-order valence-electron chi connectivity index (χ4n) is 3.55. The fraction of sp³-hybridized carbons (Fsp3) is 0.400. The molecule has 1 unspecified atom stereocenters. The van der Waals surface area contributed by atoms with Crippen LogP contribution in [-0.2, 0) is 14.3 Å². The van der Waals surface area contributed by atoms with Gasteiger partial charge in [-0.1, -0.05) is 36.7 Å². The maximum Gasteiger partial charge on any atom is 0.336 e. The van der Waals surface area contributed by atoms with Crippen LogP contribution in [0, 0.1) is 0 Å². The normalized spacial score (nSPS) is 20.3. The number of benzene rings is 1. The SMILES string of the molecule is CCCOC(=O)C1=C(C)NC2=C(C(=O)CCC2)C1c1ccccc1Cl. The van der Waals surface area contributed by atoms with E-state index in [0.717, 1.165) is 36.2 Å². The molecule has 4 nitrogen and oxygen atoms in total. The van der Waals surface area contributed by atoms with Gasteiger partial charge in [-0.05, 0) is 37.8 Å². The number of hydrogen-bond donors (Lipinski definition) is 1. The lowest BCUT2D eigenvalue weighted by atomic mass is 9.75. The monoisotopic (exact) mass is 359 g/mol. The molecular weight excluding hydrogens is 338 g/mol. The first-order valence-electron chi connectivity index (χ1n) is 8.70. The molecule has 132 valence electrons. The third-order valence-corrected chi connectivity index (χ3v) is 4.99. The molecule has 1 aromatic rings. The first-order chi connectivity index (χ1) is 12.0. The van der Waals surface area contributed by atoms with Crippen LogP contribution in [0.1, 0.15) is 51.0 Å². The van der Waals surface area contributed by atoms with Gasteiger partial charge in [-0.25, -0.2) is 4.79 Å². The first-order valence-corrected chi connectivity index (χ1v) is 9.08. The number of halogens is 1. The van der Waals surface area contributed by atoms with Crippen LogP contribution in [0.15, 0.2) is 46.8 Å². The number of hydrogen-bond acceptors (Lipinski definition) is 4. The molecule has 3 rings (SSSR count). The van der Waals surface area contributed by atoms with Crippen molar-refractivity contribution in [1.82, 2.24) is 5.32 Å². The van der Waals surface area contributed by atoms with E-state index in [0.29, 0.717) is 29.2 Å². The van der Waals surface area contributed by atoms with Crippen molar-refractivity contribution in [3.63, 3.8) is 0 Å². The Hall–Kier alpha value is -2.07. The maximum atomic E-state index is 12.7. The standard InChI is InChI=1S/C20H22ClNO3/c1-3-11-25-20(24)17-12(2)22-15-9-6-10-16(23)19(15)18(17)13-7-4-5-8-14(13)21/h4-5,7-8,18,22H,3,6,9-11H2,1-2H3. The number of carbonyl (C=O) groups excluding carboxylic acids is 2. The molecule has 5 heteroatoms. The van der Waals surface area contributed by atoms with Gasteiger partial charge < -0.3 is 10.1 Å². The molecule has 0 radical (unpaired) electrons. The van der Waals surface area contributed by atoms with Crippen molar-refractivity contribution < 1.29 is 14.3 Å². The van der Waals surface area contributed by atoms with Crippen molar-refractivity contribution >= 4 is 23.4 Å². The van der Waals surface area contributed by atoms with Gasteiger partial charge in [-0.3, -0.25) is 4.79 Å². The summed E-state index contributed by atoms with van der Waals surface area (Å²) in [7, 11) is 0. The lowest BCUT2D eigenvalue weighted by Crippen LogP contribution is -2.34. The molecule has 0 amide bonds. The largest absolute Gasteiger partial charge is 0.462 e. The van der Waals surface area contributed by atoms with E-state index in [1.165, 1.54) is 0 Å². The van der Waals surface area contributed by atoms with Crippen LogP contribution in [0.4, 0.5) is 0 Å². The summed E-state index contributed by atoms with van der Waals surface area (Å²) in [4.78, 5) is 25.4. The highest BCUT2D eigenvalue weighted by Crippen LogP contribution is 2.44. The van der Waals surface area contributed by atoms with Crippen LogP contribution in [0.25, 0.3) is 0 Å². The summed E-state index contributed by atoms with van der Waals surface area (Å²) in [5.74, 6) is -0.782. The number of ether oxygens (including phenoxy) is 1. The predicted octanol–water partition coefficient (Wildman–Crippen LogP) is 4.26. The second-order valence-corrected chi connectivity index (χ2v) is 6.83. The second-order valence-electron chi connectivity index (χ2n) is 6.42. The Labute approximate surface area is 152 Å². The van der Waals surface area contributed by atoms with E-state index in [1.54, 1.807) is 6.07 Å². The molecule has 0 saturated carbocycles. The summed E-state index contributed by atoms with van der Waals surface area (Å²) in [5.41, 5.74) is 3.56. The number of rotatable bonds is 4. The average molecular weight is 360 g/mol. The molecule has 1 aliphatic heterocycles. The van der Waals surface area contributed by atoms with E-state index >= 15 is 0 Å². The van der Waals surface area contributed by atoms with Crippen LogP contribution in [0.2, 0.25) is 5.02 Å². The zero-order chi connectivity index (χ0) is 18.0. The first kappa shape index (κ1) is 17.7. The van der Waals surface area contributed by atoms with Crippen LogP contribution in [0.3, 0.4) is 0 Å². The molecule has 0 bridgehead atoms. The van der Waals surface area contributed by atoms with Crippen LogP contribution < -0.4 is 5.32 Å². The van der Waals surface area contributed by atoms with E-state index in [1.807, 2.05) is 32.0 Å². The highest BCUT2D eigenvalue weighted by atomic mass is 35.5. The Morgan fingerprint density at radius 3 is 2.80 bits per heavy atom. The highest BCUT2D eigenvalue weighted by Gasteiger charge is 2.39.